The molecule has 1 unspecified atom stereocenters. The molecule has 7 heteroatoms. The first-order chi connectivity index (χ1) is 19.7. The normalized spacial score (nSPS) is 15.0. The zero-order valence-corrected chi connectivity index (χ0v) is 25.4. The minimum atomic E-state index is -0.356. The van der Waals surface area contributed by atoms with Crippen LogP contribution in [-0.2, 0) is 10.2 Å². The Morgan fingerprint density at radius 2 is 1.71 bits per heavy atom. The summed E-state index contributed by atoms with van der Waals surface area (Å²) in [7, 11) is 0. The van der Waals surface area contributed by atoms with E-state index in [9.17, 15) is 9.59 Å². The van der Waals surface area contributed by atoms with Crippen LogP contribution in [0.3, 0.4) is 0 Å². The highest BCUT2D eigenvalue weighted by Gasteiger charge is 2.32. The molecule has 1 aliphatic rings. The number of nitrogens with one attached hydrogen (secondary N) is 3. The lowest BCUT2D eigenvalue weighted by molar-refractivity contribution is -0.122. The summed E-state index contributed by atoms with van der Waals surface area (Å²) in [6.45, 7) is 12.4. The fraction of sp³-hybridized carbons (Fsp3) is 0.500. The molecule has 1 aromatic heterocycles. The maximum absolute atomic E-state index is 13.7. The van der Waals surface area contributed by atoms with Gasteiger partial charge in [-0.25, -0.2) is 9.48 Å². The summed E-state index contributed by atoms with van der Waals surface area (Å²) < 4.78 is 1.78. The van der Waals surface area contributed by atoms with Gasteiger partial charge < -0.3 is 10.6 Å². The van der Waals surface area contributed by atoms with E-state index in [2.05, 4.69) is 43.6 Å². The molecular weight excluding hydrogens is 510 g/mol. The van der Waals surface area contributed by atoms with Gasteiger partial charge in [0.1, 0.15) is 11.6 Å². The lowest BCUT2D eigenvalue weighted by Gasteiger charge is -2.31. The van der Waals surface area contributed by atoms with Crippen molar-refractivity contribution in [3.05, 3.63) is 71.4 Å². The number of aryl methyl sites for hydroxylation is 1. The van der Waals surface area contributed by atoms with E-state index in [4.69, 9.17) is 5.10 Å². The van der Waals surface area contributed by atoms with E-state index in [1.54, 1.807) is 4.68 Å². The van der Waals surface area contributed by atoms with Crippen molar-refractivity contribution < 1.29 is 9.59 Å². The maximum atomic E-state index is 13.7. The van der Waals surface area contributed by atoms with Crippen LogP contribution in [0.5, 0.6) is 0 Å². The molecule has 1 saturated heterocycles. The highest BCUT2D eigenvalue weighted by atomic mass is 16.2. The molecule has 2 aromatic carbocycles. The number of Topliss-reactive ketones (excluding diaryl/α,β-unsaturated/α-hetero) is 1. The molecule has 3 N–H and O–H groups in total. The van der Waals surface area contributed by atoms with Crippen LogP contribution in [0.2, 0.25) is 0 Å². The molecule has 0 spiro atoms. The number of carbonyl (C=O) groups is 2. The third-order valence-electron chi connectivity index (χ3n) is 8.02. The van der Waals surface area contributed by atoms with E-state index in [1.165, 1.54) is 0 Å². The summed E-state index contributed by atoms with van der Waals surface area (Å²) in [6.07, 6.45) is 6.79. The highest BCUT2D eigenvalue weighted by molar-refractivity contribution is 6.01. The molecule has 1 aliphatic heterocycles. The second-order valence-corrected chi connectivity index (χ2v) is 12.4. The molecule has 3 aromatic rings. The number of para-hydroxylation sites is 1. The standard InChI is InChI=1S/C34H47N5O2/c1-6-7-8-9-14-29(40)32(25-19-21-35-22-20-25)27-12-10-11-13-28(27)36-33(41)37-31-23-30(34(3,4)5)38-39(31)26-17-15-24(2)16-18-26/h10-13,15-18,23,25,32,35H,6-9,14,19-22H2,1-5H3,(H2,36,37,41). The van der Waals surface area contributed by atoms with Crippen LogP contribution >= 0.6 is 0 Å². The Morgan fingerprint density at radius 1 is 1.00 bits per heavy atom. The molecule has 2 amide bonds. The second kappa shape index (κ2) is 13.9. The third-order valence-corrected chi connectivity index (χ3v) is 8.02. The first kappa shape index (κ1) is 30.5. The van der Waals surface area contributed by atoms with Crippen molar-refractivity contribution >= 4 is 23.3 Å². The number of rotatable bonds is 11. The van der Waals surface area contributed by atoms with E-state index in [-0.39, 0.29) is 29.1 Å². The van der Waals surface area contributed by atoms with E-state index in [1.807, 2.05) is 61.5 Å². The predicted molar refractivity (Wildman–Crippen MR) is 168 cm³/mol. The summed E-state index contributed by atoms with van der Waals surface area (Å²) in [5, 5.41) is 14.4. The Morgan fingerprint density at radius 3 is 2.39 bits per heavy atom. The van der Waals surface area contributed by atoms with E-state index < -0.39 is 0 Å². The molecule has 41 heavy (non-hydrogen) atoms. The quantitative estimate of drug-likeness (QED) is 0.210. The fourth-order valence-corrected chi connectivity index (χ4v) is 5.62. The summed E-state index contributed by atoms with van der Waals surface area (Å²) in [5.41, 5.74) is 4.33. The Balaban J connectivity index is 1.59. The molecule has 0 bridgehead atoms. The molecule has 0 radical (unpaired) electrons. The van der Waals surface area contributed by atoms with Crippen LogP contribution < -0.4 is 16.0 Å². The number of aromatic nitrogens is 2. The molecule has 4 rings (SSSR count). The monoisotopic (exact) mass is 557 g/mol. The second-order valence-electron chi connectivity index (χ2n) is 12.4. The Bertz CT molecular complexity index is 1300. The third kappa shape index (κ3) is 8.07. The molecule has 1 atom stereocenters. The van der Waals surface area contributed by atoms with Gasteiger partial charge in [-0.3, -0.25) is 10.1 Å². The van der Waals surface area contributed by atoms with E-state index in [0.29, 0.717) is 17.9 Å². The predicted octanol–water partition coefficient (Wildman–Crippen LogP) is 7.74. The number of nitrogens with zero attached hydrogens (tertiary/aromatic N) is 2. The highest BCUT2D eigenvalue weighted by Crippen LogP contribution is 2.37. The molecule has 0 saturated carbocycles. The topological polar surface area (TPSA) is 88.1 Å². The van der Waals surface area contributed by atoms with Gasteiger partial charge in [-0.1, -0.05) is 82.9 Å². The van der Waals surface area contributed by atoms with Crippen LogP contribution in [-0.4, -0.2) is 34.7 Å². The van der Waals surface area contributed by atoms with Crippen molar-refractivity contribution in [2.24, 2.45) is 5.92 Å². The molecule has 2 heterocycles. The van der Waals surface area contributed by atoms with Crippen molar-refractivity contribution in [3.8, 4) is 5.69 Å². The minimum absolute atomic E-state index is 0.185. The zero-order chi connectivity index (χ0) is 29.4. The van der Waals surface area contributed by atoms with Gasteiger partial charge in [0, 0.05) is 29.5 Å². The van der Waals surface area contributed by atoms with Crippen molar-refractivity contribution in [2.45, 2.75) is 90.9 Å². The molecule has 7 nitrogen and oxygen atoms in total. The van der Waals surface area contributed by atoms with Crippen molar-refractivity contribution in [2.75, 3.05) is 23.7 Å². The summed E-state index contributed by atoms with van der Waals surface area (Å²) in [6, 6.07) is 17.5. The molecular formula is C34H47N5O2. The minimum Gasteiger partial charge on any atom is -0.317 e. The number of carbonyl (C=O) groups excluding carboxylic acids is 2. The lowest BCUT2D eigenvalue weighted by Crippen LogP contribution is -2.34. The van der Waals surface area contributed by atoms with Crippen molar-refractivity contribution in [1.82, 2.24) is 15.1 Å². The smallest absolute Gasteiger partial charge is 0.317 e. The van der Waals surface area contributed by atoms with Gasteiger partial charge in [-0.2, -0.15) is 5.10 Å². The fourth-order valence-electron chi connectivity index (χ4n) is 5.62. The average Bonchev–Trinajstić information content (AvgIpc) is 3.37. The van der Waals surface area contributed by atoms with Crippen LogP contribution in [0.15, 0.2) is 54.6 Å². The SMILES string of the molecule is CCCCCCC(=O)C(c1ccccc1NC(=O)Nc1cc(C(C)(C)C)nn1-c1ccc(C)cc1)C1CCNCC1. The van der Waals surface area contributed by atoms with E-state index >= 15 is 0 Å². The first-order valence-corrected chi connectivity index (χ1v) is 15.3. The number of ketones is 1. The lowest BCUT2D eigenvalue weighted by atomic mass is 9.76. The molecule has 1 fully saturated rings. The summed E-state index contributed by atoms with van der Waals surface area (Å²) in [5.74, 6) is 0.921. The van der Waals surface area contributed by atoms with Gasteiger partial charge in [0.2, 0.25) is 0 Å². The van der Waals surface area contributed by atoms with Crippen molar-refractivity contribution in [1.29, 1.82) is 0 Å². The number of amides is 2. The largest absolute Gasteiger partial charge is 0.324 e. The number of anilines is 2. The van der Waals surface area contributed by atoms with Crippen LogP contribution in [0, 0.1) is 12.8 Å². The Labute approximate surface area is 245 Å². The number of hydrogen-bond donors (Lipinski definition) is 3. The Hall–Kier alpha value is -3.45. The molecule has 0 aliphatic carbocycles. The van der Waals surface area contributed by atoms with Crippen LogP contribution in [0.4, 0.5) is 16.3 Å². The van der Waals surface area contributed by atoms with Gasteiger partial charge >= 0.3 is 6.03 Å². The van der Waals surface area contributed by atoms with Gasteiger partial charge in [0.05, 0.1) is 11.4 Å². The van der Waals surface area contributed by atoms with Gasteiger partial charge in [-0.05, 0) is 69.0 Å². The van der Waals surface area contributed by atoms with Crippen molar-refractivity contribution in [3.63, 3.8) is 0 Å². The number of unbranched alkanes of at least 4 members (excludes halogenated alkanes) is 3. The van der Waals surface area contributed by atoms with Gasteiger partial charge in [0.15, 0.2) is 0 Å². The summed E-state index contributed by atoms with van der Waals surface area (Å²) >= 11 is 0. The molecule has 220 valence electrons. The number of hydrogen-bond acceptors (Lipinski definition) is 4. The zero-order valence-electron chi connectivity index (χ0n) is 25.4. The number of piperidine rings is 1. The maximum Gasteiger partial charge on any atom is 0.324 e. The van der Waals surface area contributed by atoms with E-state index in [0.717, 1.165) is 74.1 Å². The number of benzene rings is 2. The van der Waals surface area contributed by atoms with Gasteiger partial charge in [0.25, 0.3) is 0 Å². The van der Waals surface area contributed by atoms with Crippen LogP contribution in [0.25, 0.3) is 5.69 Å². The summed E-state index contributed by atoms with van der Waals surface area (Å²) in [4.78, 5) is 27.2. The number of urea groups is 1. The first-order valence-electron chi connectivity index (χ1n) is 15.3. The van der Waals surface area contributed by atoms with Crippen LogP contribution in [0.1, 0.15) is 95.4 Å². The van der Waals surface area contributed by atoms with Gasteiger partial charge in [-0.15, -0.1) is 0 Å². The average molecular weight is 558 g/mol. The Kier molecular flexibility index (Phi) is 10.4.